The van der Waals surface area contributed by atoms with Gasteiger partial charge in [-0.3, -0.25) is 4.79 Å². The van der Waals surface area contributed by atoms with Crippen LogP contribution >= 0.6 is 0 Å². The van der Waals surface area contributed by atoms with E-state index in [1.165, 1.54) is 14.2 Å². The first kappa shape index (κ1) is 16.3. The number of benzene rings is 1. The third-order valence-electron chi connectivity index (χ3n) is 5.14. The van der Waals surface area contributed by atoms with E-state index in [1.54, 1.807) is 24.3 Å². The summed E-state index contributed by atoms with van der Waals surface area (Å²) >= 11 is 0. The lowest BCUT2D eigenvalue weighted by Crippen LogP contribution is -2.54. The van der Waals surface area contributed by atoms with Gasteiger partial charge in [0.25, 0.3) is 5.79 Å². The van der Waals surface area contributed by atoms with E-state index < -0.39 is 42.1 Å². The molecule has 25 heavy (non-hydrogen) atoms. The minimum atomic E-state index is -1.73. The lowest BCUT2D eigenvalue weighted by atomic mass is 9.77. The monoisotopic (exact) mass is 349 g/mol. The molecule has 3 aliphatic heterocycles. The fourth-order valence-corrected chi connectivity index (χ4v) is 4.01. The summed E-state index contributed by atoms with van der Waals surface area (Å²) in [6, 6.07) is 7.06. The molecule has 1 aromatic carbocycles. The Hall–Kier alpha value is -2.16. The predicted octanol–water partition coefficient (Wildman–Crippen LogP) is 0.760. The zero-order chi connectivity index (χ0) is 17.8. The van der Waals surface area contributed by atoms with Crippen LogP contribution in [-0.2, 0) is 33.3 Å². The van der Waals surface area contributed by atoms with Crippen LogP contribution in [0.3, 0.4) is 0 Å². The molecule has 0 aliphatic carbocycles. The number of nitrogen functional groups attached to an aromatic ring is 1. The summed E-state index contributed by atoms with van der Waals surface area (Å²) in [4.78, 5) is 25.0. The van der Waals surface area contributed by atoms with Gasteiger partial charge in [-0.25, -0.2) is 4.79 Å². The molecule has 0 amide bonds. The molecule has 3 heterocycles. The van der Waals surface area contributed by atoms with Crippen molar-refractivity contribution >= 4 is 17.6 Å². The number of anilines is 1. The third-order valence-corrected chi connectivity index (χ3v) is 5.14. The summed E-state index contributed by atoms with van der Waals surface area (Å²) < 4.78 is 27.5. The van der Waals surface area contributed by atoms with Crippen LogP contribution in [0.5, 0.6) is 0 Å². The van der Waals surface area contributed by atoms with Gasteiger partial charge in [0.05, 0.1) is 25.0 Å². The average molecular weight is 349 g/mol. The van der Waals surface area contributed by atoms with E-state index in [0.29, 0.717) is 12.1 Å². The minimum Gasteiger partial charge on any atom is -0.465 e. The first-order valence-electron chi connectivity index (χ1n) is 8.03. The number of ether oxygens (including phenoxy) is 5. The van der Waals surface area contributed by atoms with Crippen LogP contribution in [0.2, 0.25) is 0 Å². The summed E-state index contributed by atoms with van der Waals surface area (Å²) in [6.07, 6.45) is -1.75. The molecule has 6 atom stereocenters. The van der Waals surface area contributed by atoms with Crippen molar-refractivity contribution in [3.8, 4) is 0 Å². The lowest BCUT2D eigenvalue weighted by Gasteiger charge is -2.40. The van der Waals surface area contributed by atoms with Gasteiger partial charge in [0.1, 0.15) is 0 Å². The molecule has 3 fully saturated rings. The number of hydrogen-bond acceptors (Lipinski definition) is 8. The highest BCUT2D eigenvalue weighted by Gasteiger charge is 2.73. The highest BCUT2D eigenvalue weighted by molar-refractivity contribution is 5.84. The van der Waals surface area contributed by atoms with Crippen molar-refractivity contribution in [2.45, 2.75) is 30.7 Å². The van der Waals surface area contributed by atoms with Crippen LogP contribution in [0.1, 0.15) is 18.1 Å². The van der Waals surface area contributed by atoms with Gasteiger partial charge in [0.15, 0.2) is 12.4 Å². The van der Waals surface area contributed by atoms with Crippen molar-refractivity contribution < 1.29 is 33.3 Å². The van der Waals surface area contributed by atoms with E-state index in [0.717, 1.165) is 5.56 Å². The fraction of sp³-hybridized carbons (Fsp3) is 0.529. The van der Waals surface area contributed by atoms with Crippen molar-refractivity contribution in [3.63, 3.8) is 0 Å². The number of nitrogens with two attached hydrogens (primary N) is 1. The largest absolute Gasteiger partial charge is 0.465 e. The van der Waals surface area contributed by atoms with Crippen molar-refractivity contribution in [2.24, 2.45) is 11.8 Å². The SMILES string of the molecule is COC(=O)[C@]12O[C@@H](OC)[C@@H]3OC(=O)[C@H](C[C@H](c4ccc(N)cc4)O1)[C@@H]32. The van der Waals surface area contributed by atoms with E-state index in [4.69, 9.17) is 29.4 Å². The molecule has 0 saturated carbocycles. The minimum absolute atomic E-state index is 0.377. The maximum atomic E-state index is 12.6. The van der Waals surface area contributed by atoms with Gasteiger partial charge < -0.3 is 29.4 Å². The summed E-state index contributed by atoms with van der Waals surface area (Å²) in [7, 11) is 2.67. The Morgan fingerprint density at radius 1 is 1.24 bits per heavy atom. The van der Waals surface area contributed by atoms with E-state index in [2.05, 4.69) is 0 Å². The van der Waals surface area contributed by atoms with Gasteiger partial charge >= 0.3 is 11.9 Å². The molecular weight excluding hydrogens is 330 g/mol. The van der Waals surface area contributed by atoms with E-state index in [1.807, 2.05) is 0 Å². The Labute approximate surface area is 144 Å². The van der Waals surface area contributed by atoms with Gasteiger partial charge in [0, 0.05) is 12.8 Å². The average Bonchev–Trinajstić information content (AvgIpc) is 3.13. The van der Waals surface area contributed by atoms with Crippen molar-refractivity contribution in [1.29, 1.82) is 0 Å². The highest BCUT2D eigenvalue weighted by Crippen LogP contribution is 2.56. The number of methoxy groups -OCH3 is 2. The van der Waals surface area contributed by atoms with Gasteiger partial charge in [-0.15, -0.1) is 0 Å². The number of carbonyl (C=O) groups excluding carboxylic acids is 2. The maximum Gasteiger partial charge on any atom is 0.367 e. The van der Waals surface area contributed by atoms with Crippen LogP contribution in [0.4, 0.5) is 5.69 Å². The Balaban J connectivity index is 1.76. The second-order valence-corrected chi connectivity index (χ2v) is 6.42. The Bertz CT molecular complexity index is 705. The summed E-state index contributed by atoms with van der Waals surface area (Å²) in [5.41, 5.74) is 7.12. The molecule has 0 spiro atoms. The zero-order valence-corrected chi connectivity index (χ0v) is 13.8. The molecule has 8 nitrogen and oxygen atoms in total. The number of carbonyl (C=O) groups is 2. The van der Waals surface area contributed by atoms with Crippen molar-refractivity contribution in [2.75, 3.05) is 20.0 Å². The number of rotatable bonds is 3. The predicted molar refractivity (Wildman–Crippen MR) is 82.8 cm³/mol. The molecule has 0 aromatic heterocycles. The van der Waals surface area contributed by atoms with E-state index >= 15 is 0 Å². The van der Waals surface area contributed by atoms with E-state index in [9.17, 15) is 9.59 Å². The molecule has 1 aromatic rings. The smallest absolute Gasteiger partial charge is 0.367 e. The molecule has 134 valence electrons. The fourth-order valence-electron chi connectivity index (χ4n) is 4.01. The molecular formula is C17H19NO7. The number of hydrogen-bond donors (Lipinski definition) is 1. The maximum absolute atomic E-state index is 12.6. The van der Waals surface area contributed by atoms with Crippen molar-refractivity contribution in [3.05, 3.63) is 29.8 Å². The topological polar surface area (TPSA) is 106 Å². The molecule has 2 N–H and O–H groups in total. The molecule has 0 radical (unpaired) electrons. The summed E-state index contributed by atoms with van der Waals surface area (Å²) in [6.45, 7) is 0. The second kappa shape index (κ2) is 5.69. The van der Waals surface area contributed by atoms with Crippen LogP contribution in [-0.4, -0.2) is 44.3 Å². The molecule has 4 rings (SSSR count). The van der Waals surface area contributed by atoms with Gasteiger partial charge in [-0.05, 0) is 24.1 Å². The lowest BCUT2D eigenvalue weighted by molar-refractivity contribution is -0.311. The quantitative estimate of drug-likeness (QED) is 0.630. The molecule has 3 aliphatic rings. The van der Waals surface area contributed by atoms with Crippen LogP contribution in [0, 0.1) is 11.8 Å². The third kappa shape index (κ3) is 2.25. The number of esters is 2. The molecule has 0 unspecified atom stereocenters. The Kier molecular flexibility index (Phi) is 3.71. The first-order chi connectivity index (χ1) is 12.0. The molecule has 8 heteroatoms. The first-order valence-corrected chi connectivity index (χ1v) is 8.03. The van der Waals surface area contributed by atoms with E-state index in [-0.39, 0.29) is 5.97 Å². The Morgan fingerprint density at radius 2 is 1.96 bits per heavy atom. The van der Waals surface area contributed by atoms with Crippen LogP contribution < -0.4 is 5.73 Å². The second-order valence-electron chi connectivity index (χ2n) is 6.42. The van der Waals surface area contributed by atoms with Crippen LogP contribution in [0.25, 0.3) is 0 Å². The normalized spacial score (nSPS) is 39.0. The van der Waals surface area contributed by atoms with Gasteiger partial charge in [0.2, 0.25) is 0 Å². The highest BCUT2D eigenvalue weighted by atomic mass is 16.8. The molecule has 0 bridgehead atoms. The van der Waals surface area contributed by atoms with Crippen molar-refractivity contribution in [1.82, 2.24) is 0 Å². The van der Waals surface area contributed by atoms with Crippen LogP contribution in [0.15, 0.2) is 24.3 Å². The molecule has 3 saturated heterocycles. The Morgan fingerprint density at radius 3 is 2.60 bits per heavy atom. The zero-order valence-electron chi connectivity index (χ0n) is 13.8. The summed E-state index contributed by atoms with van der Waals surface area (Å²) in [5.74, 6) is -3.97. The standard InChI is InChI=1S/C17H19NO7/c1-21-15-13-12-10(14(19)23-13)7-11(8-3-5-9(18)6-4-8)24-17(12,25-15)16(20)22-2/h3-6,10-13,15H,7,18H2,1-2H3/t10-,11-,12+,13-,15-,17+/m1/s1. The van der Waals surface area contributed by atoms with Gasteiger partial charge in [-0.2, -0.15) is 0 Å². The van der Waals surface area contributed by atoms with Gasteiger partial charge in [-0.1, -0.05) is 12.1 Å². The summed E-state index contributed by atoms with van der Waals surface area (Å²) in [5, 5.41) is 0.